The van der Waals surface area contributed by atoms with E-state index in [1.54, 1.807) is 11.3 Å². The van der Waals surface area contributed by atoms with Crippen LogP contribution in [0.15, 0.2) is 12.1 Å². The molecule has 0 aromatic carbocycles. The molecule has 0 spiro atoms. The van der Waals surface area contributed by atoms with Gasteiger partial charge in [-0.05, 0) is 45.2 Å². The summed E-state index contributed by atoms with van der Waals surface area (Å²) in [6.07, 6.45) is 3.31. The molecule has 2 atom stereocenters. The summed E-state index contributed by atoms with van der Waals surface area (Å²) in [4.78, 5) is 16.4. The van der Waals surface area contributed by atoms with E-state index in [0.29, 0.717) is 0 Å². The Hall–Kier alpha value is -0.870. The minimum absolute atomic E-state index is 0.0558. The molecule has 1 amide bonds. The Balaban J connectivity index is 2.16. The Morgan fingerprint density at radius 3 is 2.88 bits per heavy atom. The van der Waals surface area contributed by atoms with Crippen molar-refractivity contribution in [2.75, 3.05) is 6.54 Å². The molecule has 3 nitrogen and oxygen atoms in total. The molecule has 17 heavy (non-hydrogen) atoms. The van der Waals surface area contributed by atoms with Gasteiger partial charge in [-0.15, -0.1) is 11.3 Å². The van der Waals surface area contributed by atoms with Crippen LogP contribution in [0, 0.1) is 6.92 Å². The van der Waals surface area contributed by atoms with E-state index >= 15 is 0 Å². The monoisotopic (exact) mass is 252 g/mol. The van der Waals surface area contributed by atoms with Crippen LogP contribution in [0.2, 0.25) is 0 Å². The predicted molar refractivity (Wildman–Crippen MR) is 71.4 cm³/mol. The molecule has 0 aliphatic carbocycles. The molecule has 2 unspecified atom stereocenters. The van der Waals surface area contributed by atoms with Gasteiger partial charge in [-0.2, -0.15) is 0 Å². The van der Waals surface area contributed by atoms with E-state index in [-0.39, 0.29) is 18.0 Å². The lowest BCUT2D eigenvalue weighted by Crippen LogP contribution is -2.51. The van der Waals surface area contributed by atoms with Gasteiger partial charge >= 0.3 is 0 Å². The van der Waals surface area contributed by atoms with Crippen molar-refractivity contribution in [1.29, 1.82) is 0 Å². The third kappa shape index (κ3) is 2.69. The second kappa shape index (κ2) is 5.19. The van der Waals surface area contributed by atoms with E-state index in [2.05, 4.69) is 0 Å². The summed E-state index contributed by atoms with van der Waals surface area (Å²) in [7, 11) is 0. The highest BCUT2D eigenvalue weighted by Gasteiger charge is 2.30. The number of aryl methyl sites for hydroxylation is 1. The van der Waals surface area contributed by atoms with E-state index in [9.17, 15) is 4.79 Å². The maximum Gasteiger partial charge on any atom is 0.264 e. The van der Waals surface area contributed by atoms with Crippen molar-refractivity contribution in [1.82, 2.24) is 4.90 Å². The SMILES string of the molecule is Cc1ccc(C(=O)N2CCCCC2C(C)N)s1. The maximum atomic E-state index is 12.4. The molecular formula is C13H20N2OS. The van der Waals surface area contributed by atoms with Crippen molar-refractivity contribution in [2.45, 2.75) is 45.2 Å². The molecule has 1 fully saturated rings. The van der Waals surface area contributed by atoms with Crippen LogP contribution in [-0.2, 0) is 0 Å². The molecule has 1 aliphatic heterocycles. The summed E-state index contributed by atoms with van der Waals surface area (Å²) >= 11 is 1.57. The summed E-state index contributed by atoms with van der Waals surface area (Å²) in [6.45, 7) is 4.87. The molecule has 1 aliphatic rings. The number of hydrogen-bond donors (Lipinski definition) is 1. The summed E-state index contributed by atoms with van der Waals surface area (Å²) < 4.78 is 0. The maximum absolute atomic E-state index is 12.4. The Labute approximate surface area is 107 Å². The molecule has 0 bridgehead atoms. The third-order valence-electron chi connectivity index (χ3n) is 3.37. The molecule has 1 saturated heterocycles. The van der Waals surface area contributed by atoms with Gasteiger partial charge in [0.1, 0.15) is 0 Å². The molecule has 2 N–H and O–H groups in total. The lowest BCUT2D eigenvalue weighted by atomic mass is 9.97. The van der Waals surface area contributed by atoms with Crippen molar-refractivity contribution < 1.29 is 4.79 Å². The number of thiophene rings is 1. The summed E-state index contributed by atoms with van der Waals surface area (Å²) in [5, 5.41) is 0. The first kappa shape index (κ1) is 12.6. The van der Waals surface area contributed by atoms with Crippen molar-refractivity contribution in [2.24, 2.45) is 5.73 Å². The van der Waals surface area contributed by atoms with Gasteiger partial charge in [0.25, 0.3) is 5.91 Å². The summed E-state index contributed by atoms with van der Waals surface area (Å²) in [5.74, 6) is 0.158. The van der Waals surface area contributed by atoms with Gasteiger partial charge < -0.3 is 10.6 Å². The van der Waals surface area contributed by atoms with Gasteiger partial charge in [-0.3, -0.25) is 4.79 Å². The average Bonchev–Trinajstić information content (AvgIpc) is 2.75. The van der Waals surface area contributed by atoms with Gasteiger partial charge in [-0.25, -0.2) is 0 Å². The van der Waals surface area contributed by atoms with Crippen LogP contribution in [0.25, 0.3) is 0 Å². The number of amides is 1. The minimum Gasteiger partial charge on any atom is -0.333 e. The second-order valence-corrected chi connectivity index (χ2v) is 6.12. The van der Waals surface area contributed by atoms with E-state index in [1.807, 2.05) is 30.9 Å². The number of piperidine rings is 1. The Morgan fingerprint density at radius 1 is 1.53 bits per heavy atom. The smallest absolute Gasteiger partial charge is 0.264 e. The first-order valence-corrected chi connectivity index (χ1v) is 7.04. The van der Waals surface area contributed by atoms with E-state index < -0.39 is 0 Å². The van der Waals surface area contributed by atoms with Gasteiger partial charge in [0.05, 0.1) is 4.88 Å². The van der Waals surface area contributed by atoms with Crippen LogP contribution in [0.3, 0.4) is 0 Å². The van der Waals surface area contributed by atoms with E-state index in [0.717, 1.165) is 24.3 Å². The second-order valence-electron chi connectivity index (χ2n) is 4.83. The molecule has 4 heteroatoms. The molecule has 0 saturated carbocycles. The summed E-state index contributed by atoms with van der Waals surface area (Å²) in [5.41, 5.74) is 5.99. The van der Waals surface area contributed by atoms with Crippen LogP contribution in [-0.4, -0.2) is 29.4 Å². The van der Waals surface area contributed by atoms with Crippen molar-refractivity contribution in [3.63, 3.8) is 0 Å². The van der Waals surface area contributed by atoms with E-state index in [1.165, 1.54) is 11.3 Å². The predicted octanol–water partition coefficient (Wildman–Crippen LogP) is 2.40. The largest absolute Gasteiger partial charge is 0.333 e. The van der Waals surface area contributed by atoms with Gasteiger partial charge in [0.2, 0.25) is 0 Å². The Kier molecular flexibility index (Phi) is 3.84. The van der Waals surface area contributed by atoms with Crippen LogP contribution >= 0.6 is 11.3 Å². The lowest BCUT2D eigenvalue weighted by molar-refractivity contribution is 0.0589. The zero-order valence-electron chi connectivity index (χ0n) is 10.5. The van der Waals surface area contributed by atoms with Crippen LogP contribution in [0.4, 0.5) is 0 Å². The molecule has 2 rings (SSSR count). The first-order valence-electron chi connectivity index (χ1n) is 6.22. The topological polar surface area (TPSA) is 46.3 Å². The van der Waals surface area contributed by atoms with E-state index in [4.69, 9.17) is 5.73 Å². The van der Waals surface area contributed by atoms with Gasteiger partial charge in [-0.1, -0.05) is 0 Å². The fourth-order valence-corrected chi connectivity index (χ4v) is 3.27. The number of carbonyl (C=O) groups excluding carboxylic acids is 1. The number of nitrogens with zero attached hydrogens (tertiary/aromatic N) is 1. The van der Waals surface area contributed by atoms with Crippen molar-refractivity contribution in [3.8, 4) is 0 Å². The third-order valence-corrected chi connectivity index (χ3v) is 4.36. The van der Waals surface area contributed by atoms with Crippen LogP contribution in [0.5, 0.6) is 0 Å². The highest BCUT2D eigenvalue weighted by molar-refractivity contribution is 7.13. The lowest BCUT2D eigenvalue weighted by Gasteiger charge is -2.37. The Morgan fingerprint density at radius 2 is 2.29 bits per heavy atom. The first-order chi connectivity index (χ1) is 8.09. The fourth-order valence-electron chi connectivity index (χ4n) is 2.45. The standard InChI is InChI=1S/C13H20N2OS/c1-9-6-7-12(17-9)13(16)15-8-4-3-5-11(15)10(2)14/h6-7,10-11H,3-5,8,14H2,1-2H3. The van der Waals surface area contributed by atoms with Crippen molar-refractivity contribution in [3.05, 3.63) is 21.9 Å². The highest BCUT2D eigenvalue weighted by Crippen LogP contribution is 2.24. The van der Waals surface area contributed by atoms with Gasteiger partial charge in [0.15, 0.2) is 0 Å². The van der Waals surface area contributed by atoms with Crippen molar-refractivity contribution >= 4 is 17.2 Å². The van der Waals surface area contributed by atoms with Crippen LogP contribution < -0.4 is 5.73 Å². The zero-order chi connectivity index (χ0) is 12.4. The van der Waals surface area contributed by atoms with Crippen LogP contribution in [0.1, 0.15) is 40.7 Å². The number of hydrogen-bond acceptors (Lipinski definition) is 3. The quantitative estimate of drug-likeness (QED) is 0.878. The molecular weight excluding hydrogens is 232 g/mol. The number of likely N-dealkylation sites (tertiary alicyclic amines) is 1. The fraction of sp³-hybridized carbons (Fsp3) is 0.615. The molecule has 2 heterocycles. The number of carbonyl (C=O) groups is 1. The molecule has 94 valence electrons. The number of rotatable bonds is 2. The average molecular weight is 252 g/mol. The number of nitrogens with two attached hydrogens (primary N) is 1. The normalized spacial score (nSPS) is 22.5. The molecule has 1 aromatic heterocycles. The zero-order valence-corrected chi connectivity index (χ0v) is 11.3. The molecule has 1 aromatic rings. The molecule has 0 radical (unpaired) electrons. The summed E-state index contributed by atoms with van der Waals surface area (Å²) in [6, 6.07) is 4.19. The Bertz CT molecular complexity index is 400. The minimum atomic E-state index is 0.0558. The van der Waals surface area contributed by atoms with Gasteiger partial charge in [0, 0.05) is 23.5 Å². The highest BCUT2D eigenvalue weighted by atomic mass is 32.1.